The van der Waals surface area contributed by atoms with Crippen LogP contribution in [0.2, 0.25) is 0 Å². The van der Waals surface area contributed by atoms with E-state index in [2.05, 4.69) is 14.6 Å². The molecule has 1 saturated heterocycles. The van der Waals surface area contributed by atoms with Gasteiger partial charge in [-0.1, -0.05) is 24.3 Å². The van der Waals surface area contributed by atoms with Gasteiger partial charge in [-0.15, -0.1) is 0 Å². The van der Waals surface area contributed by atoms with E-state index < -0.39 is 12.9 Å². The summed E-state index contributed by atoms with van der Waals surface area (Å²) in [6, 6.07) is 18.6. The maximum atomic E-state index is 12.9. The maximum Gasteiger partial charge on any atom is 0.387 e. The van der Waals surface area contributed by atoms with Crippen LogP contribution in [0.15, 0.2) is 73.1 Å². The van der Waals surface area contributed by atoms with Crippen LogP contribution in [0.4, 0.5) is 20.2 Å². The van der Waals surface area contributed by atoms with E-state index in [0.717, 1.165) is 23.4 Å². The first kappa shape index (κ1) is 20.1. The van der Waals surface area contributed by atoms with Crippen molar-refractivity contribution in [1.82, 2.24) is 4.98 Å². The molecule has 1 atom stereocenters. The van der Waals surface area contributed by atoms with Gasteiger partial charge in [0.2, 0.25) is 0 Å². The molecule has 1 aliphatic rings. The minimum Gasteiger partial charge on any atom is -0.461 e. The van der Waals surface area contributed by atoms with E-state index >= 15 is 0 Å². The Morgan fingerprint density at radius 3 is 2.60 bits per heavy atom. The predicted molar refractivity (Wildman–Crippen MR) is 109 cm³/mol. The SMILES string of the molecule is FC(F)Oc1ccc(N(Cc2cccnc2)c2ccccc2)cc1OC1CCCO1. The van der Waals surface area contributed by atoms with Gasteiger partial charge in [-0.2, -0.15) is 8.78 Å². The van der Waals surface area contributed by atoms with Gasteiger partial charge in [-0.3, -0.25) is 4.98 Å². The zero-order valence-corrected chi connectivity index (χ0v) is 16.3. The van der Waals surface area contributed by atoms with Gasteiger partial charge in [0, 0.05) is 42.8 Å². The number of alkyl halides is 2. The van der Waals surface area contributed by atoms with Crippen LogP contribution >= 0.6 is 0 Å². The van der Waals surface area contributed by atoms with Crippen molar-refractivity contribution in [3.8, 4) is 11.5 Å². The second-order valence-corrected chi connectivity index (χ2v) is 6.85. The molecule has 30 heavy (non-hydrogen) atoms. The lowest BCUT2D eigenvalue weighted by atomic mass is 10.2. The van der Waals surface area contributed by atoms with Crippen LogP contribution < -0.4 is 14.4 Å². The Hall–Kier alpha value is -3.19. The molecule has 2 heterocycles. The molecule has 0 bridgehead atoms. The number of anilines is 2. The summed E-state index contributed by atoms with van der Waals surface area (Å²) in [5.74, 6) is 0.213. The molecule has 0 spiro atoms. The molecule has 4 rings (SSSR count). The van der Waals surface area contributed by atoms with Crippen molar-refractivity contribution in [3.05, 3.63) is 78.6 Å². The molecule has 1 aliphatic heterocycles. The van der Waals surface area contributed by atoms with Gasteiger partial charge in [-0.25, -0.2) is 0 Å². The Bertz CT molecular complexity index is 936. The normalized spacial score (nSPS) is 15.9. The second kappa shape index (κ2) is 9.54. The summed E-state index contributed by atoms with van der Waals surface area (Å²) in [6.07, 6.45) is 4.63. The molecule has 7 heteroatoms. The third-order valence-corrected chi connectivity index (χ3v) is 4.73. The van der Waals surface area contributed by atoms with Crippen LogP contribution in [0.25, 0.3) is 0 Å². The Labute approximate surface area is 173 Å². The number of hydrogen-bond acceptors (Lipinski definition) is 5. The average molecular weight is 412 g/mol. The number of pyridine rings is 1. The first-order valence-corrected chi connectivity index (χ1v) is 9.77. The highest BCUT2D eigenvalue weighted by atomic mass is 19.3. The number of nitrogens with zero attached hydrogens (tertiary/aromatic N) is 2. The molecule has 0 radical (unpaired) electrons. The summed E-state index contributed by atoms with van der Waals surface area (Å²) in [6.45, 7) is -1.80. The van der Waals surface area contributed by atoms with Crippen molar-refractivity contribution in [2.75, 3.05) is 11.5 Å². The van der Waals surface area contributed by atoms with Crippen molar-refractivity contribution in [3.63, 3.8) is 0 Å². The molecular weight excluding hydrogens is 390 g/mol. The van der Waals surface area contributed by atoms with Crippen LogP contribution in [0.3, 0.4) is 0 Å². The predicted octanol–water partition coefficient (Wildman–Crippen LogP) is 5.54. The van der Waals surface area contributed by atoms with Crippen LogP contribution in [-0.4, -0.2) is 24.5 Å². The number of para-hydroxylation sites is 1. The van der Waals surface area contributed by atoms with E-state index in [0.29, 0.717) is 19.6 Å². The number of rotatable bonds is 8. The van der Waals surface area contributed by atoms with Gasteiger partial charge in [0.05, 0.1) is 6.61 Å². The average Bonchev–Trinajstić information content (AvgIpc) is 3.27. The van der Waals surface area contributed by atoms with Crippen LogP contribution in [0.1, 0.15) is 18.4 Å². The molecule has 156 valence electrons. The molecule has 0 aliphatic carbocycles. The number of benzene rings is 2. The molecule has 0 amide bonds. The monoisotopic (exact) mass is 412 g/mol. The van der Waals surface area contributed by atoms with Gasteiger partial charge < -0.3 is 19.1 Å². The lowest BCUT2D eigenvalue weighted by Crippen LogP contribution is -2.18. The molecular formula is C23H22F2N2O3. The third kappa shape index (κ3) is 5.04. The third-order valence-electron chi connectivity index (χ3n) is 4.73. The minimum atomic E-state index is -2.94. The first-order chi connectivity index (χ1) is 14.7. The van der Waals surface area contributed by atoms with Gasteiger partial charge in [0.1, 0.15) is 0 Å². The molecule has 1 fully saturated rings. The van der Waals surface area contributed by atoms with Gasteiger partial charge in [0.15, 0.2) is 17.8 Å². The fraction of sp³-hybridized carbons (Fsp3) is 0.261. The lowest BCUT2D eigenvalue weighted by molar-refractivity contribution is -0.0632. The van der Waals surface area contributed by atoms with Gasteiger partial charge in [0.25, 0.3) is 0 Å². The second-order valence-electron chi connectivity index (χ2n) is 6.85. The van der Waals surface area contributed by atoms with Crippen molar-refractivity contribution in [2.24, 2.45) is 0 Å². The summed E-state index contributed by atoms with van der Waals surface area (Å²) in [7, 11) is 0. The maximum absolute atomic E-state index is 12.9. The summed E-state index contributed by atoms with van der Waals surface area (Å²) >= 11 is 0. The first-order valence-electron chi connectivity index (χ1n) is 9.77. The summed E-state index contributed by atoms with van der Waals surface area (Å²) < 4.78 is 41.8. The van der Waals surface area contributed by atoms with Gasteiger partial charge in [-0.05, 0) is 42.3 Å². The van der Waals surface area contributed by atoms with E-state index in [-0.39, 0.29) is 11.5 Å². The van der Waals surface area contributed by atoms with Crippen LogP contribution in [0, 0.1) is 0 Å². The Morgan fingerprint density at radius 1 is 1.03 bits per heavy atom. The highest BCUT2D eigenvalue weighted by Crippen LogP contribution is 2.37. The molecule has 2 aromatic carbocycles. The fourth-order valence-corrected chi connectivity index (χ4v) is 3.35. The van der Waals surface area contributed by atoms with Crippen molar-refractivity contribution >= 4 is 11.4 Å². The topological polar surface area (TPSA) is 43.8 Å². The van der Waals surface area contributed by atoms with Crippen molar-refractivity contribution in [1.29, 1.82) is 0 Å². The Morgan fingerprint density at radius 2 is 1.90 bits per heavy atom. The zero-order valence-electron chi connectivity index (χ0n) is 16.3. The van der Waals surface area contributed by atoms with Crippen molar-refractivity contribution < 1.29 is 23.0 Å². The zero-order chi connectivity index (χ0) is 20.8. The quantitative estimate of drug-likeness (QED) is 0.486. The Kier molecular flexibility index (Phi) is 6.39. The minimum absolute atomic E-state index is 0.0151. The van der Waals surface area contributed by atoms with Gasteiger partial charge >= 0.3 is 6.61 Å². The number of aromatic nitrogens is 1. The summed E-state index contributed by atoms with van der Waals surface area (Å²) in [4.78, 5) is 6.25. The van der Waals surface area contributed by atoms with E-state index in [1.807, 2.05) is 42.5 Å². The number of ether oxygens (including phenoxy) is 3. The molecule has 5 nitrogen and oxygen atoms in total. The van der Waals surface area contributed by atoms with Crippen LogP contribution in [0.5, 0.6) is 11.5 Å². The molecule has 0 saturated carbocycles. The highest BCUT2D eigenvalue weighted by Gasteiger charge is 2.22. The van der Waals surface area contributed by atoms with Crippen LogP contribution in [-0.2, 0) is 11.3 Å². The molecule has 1 aromatic heterocycles. The largest absolute Gasteiger partial charge is 0.461 e. The molecule has 3 aromatic rings. The molecule has 1 unspecified atom stereocenters. The Balaban J connectivity index is 1.69. The lowest BCUT2D eigenvalue weighted by Gasteiger charge is -2.26. The van der Waals surface area contributed by atoms with E-state index in [9.17, 15) is 8.78 Å². The smallest absolute Gasteiger partial charge is 0.387 e. The number of halogens is 2. The fourth-order valence-electron chi connectivity index (χ4n) is 3.35. The molecule has 0 N–H and O–H groups in total. The summed E-state index contributed by atoms with van der Waals surface area (Å²) in [5, 5.41) is 0. The van der Waals surface area contributed by atoms with E-state index in [1.54, 1.807) is 24.5 Å². The van der Waals surface area contributed by atoms with E-state index in [1.165, 1.54) is 6.07 Å². The van der Waals surface area contributed by atoms with Crippen molar-refractivity contribution in [2.45, 2.75) is 32.3 Å². The summed E-state index contributed by atoms with van der Waals surface area (Å²) in [5.41, 5.74) is 2.74. The standard InChI is InChI=1S/C23H22F2N2O3/c24-23(25)30-20-11-10-19(14-21(20)29-22-9-5-13-28-22)27(18-7-2-1-3-8-18)16-17-6-4-12-26-15-17/h1-4,6-8,10-12,14-15,22-23H,5,9,13,16H2. The number of hydrogen-bond donors (Lipinski definition) is 0. The highest BCUT2D eigenvalue weighted by molar-refractivity contribution is 5.66. The van der Waals surface area contributed by atoms with E-state index in [4.69, 9.17) is 9.47 Å².